The topological polar surface area (TPSA) is 81.8 Å². The number of hydrogen-bond acceptors (Lipinski definition) is 4. The van der Waals surface area contributed by atoms with Crippen molar-refractivity contribution >= 4 is 23.4 Å². The smallest absolute Gasteiger partial charge is 0.253 e. The minimum atomic E-state index is -0.140. The van der Waals surface area contributed by atoms with Gasteiger partial charge in [-0.05, 0) is 37.1 Å². The van der Waals surface area contributed by atoms with E-state index in [1.54, 1.807) is 24.3 Å². The van der Waals surface area contributed by atoms with Crippen molar-refractivity contribution in [1.82, 2.24) is 15.1 Å². The van der Waals surface area contributed by atoms with Gasteiger partial charge in [-0.3, -0.25) is 14.4 Å². The molecule has 1 aromatic carbocycles. The number of piperidine rings is 1. The Balaban J connectivity index is 1.65. The highest BCUT2D eigenvalue weighted by Gasteiger charge is 2.31. The normalized spacial score (nSPS) is 21.2. The predicted octanol–water partition coefficient (Wildman–Crippen LogP) is 0.681. The van der Waals surface area contributed by atoms with Crippen LogP contribution in [-0.2, 0) is 9.59 Å². The van der Waals surface area contributed by atoms with E-state index in [1.165, 1.54) is 6.92 Å². The largest absolute Gasteiger partial charge is 0.337 e. The van der Waals surface area contributed by atoms with E-state index in [4.69, 9.17) is 0 Å². The van der Waals surface area contributed by atoms with E-state index in [9.17, 15) is 14.4 Å². The van der Waals surface area contributed by atoms with Crippen LogP contribution in [0, 0.1) is 0 Å². The number of benzene rings is 1. The van der Waals surface area contributed by atoms with Crippen molar-refractivity contribution < 1.29 is 14.4 Å². The molecule has 2 N–H and O–H groups in total. The molecule has 2 heterocycles. The molecule has 0 saturated carbocycles. The zero-order chi connectivity index (χ0) is 17.8. The number of anilines is 1. The summed E-state index contributed by atoms with van der Waals surface area (Å²) in [7, 11) is 0. The molecule has 3 amide bonds. The Kier molecular flexibility index (Phi) is 5.33. The summed E-state index contributed by atoms with van der Waals surface area (Å²) in [5.74, 6) is -0.0505. The zero-order valence-corrected chi connectivity index (χ0v) is 14.5. The Hall–Kier alpha value is -2.41. The van der Waals surface area contributed by atoms with Crippen LogP contribution in [0.1, 0.15) is 30.1 Å². The summed E-state index contributed by atoms with van der Waals surface area (Å²) in [6.07, 6.45) is 1.84. The number of nitrogens with one attached hydrogen (secondary N) is 2. The molecule has 1 atom stereocenters. The second kappa shape index (κ2) is 7.65. The van der Waals surface area contributed by atoms with Crippen molar-refractivity contribution in [2.45, 2.75) is 25.8 Å². The number of hydrogen-bond donors (Lipinski definition) is 2. The fourth-order valence-electron chi connectivity index (χ4n) is 3.48. The molecule has 134 valence electrons. The molecule has 1 unspecified atom stereocenters. The Bertz CT molecular complexity index is 659. The first kappa shape index (κ1) is 17.4. The average molecular weight is 344 g/mol. The maximum Gasteiger partial charge on any atom is 0.253 e. The van der Waals surface area contributed by atoms with Crippen LogP contribution in [-0.4, -0.2) is 66.3 Å². The molecule has 2 aliphatic rings. The van der Waals surface area contributed by atoms with Gasteiger partial charge < -0.3 is 20.4 Å². The molecule has 7 nitrogen and oxygen atoms in total. The molecule has 0 radical (unpaired) electrons. The van der Waals surface area contributed by atoms with E-state index in [-0.39, 0.29) is 23.8 Å². The van der Waals surface area contributed by atoms with Gasteiger partial charge in [-0.25, -0.2) is 0 Å². The first-order valence-electron chi connectivity index (χ1n) is 8.71. The second-order valence-electron chi connectivity index (χ2n) is 6.57. The van der Waals surface area contributed by atoms with Gasteiger partial charge in [0.1, 0.15) is 0 Å². The zero-order valence-electron chi connectivity index (χ0n) is 14.5. The van der Waals surface area contributed by atoms with E-state index < -0.39 is 0 Å². The lowest BCUT2D eigenvalue weighted by atomic mass is 10.0. The highest BCUT2D eigenvalue weighted by atomic mass is 16.2. The summed E-state index contributed by atoms with van der Waals surface area (Å²) >= 11 is 0. The van der Waals surface area contributed by atoms with E-state index in [2.05, 4.69) is 10.6 Å². The summed E-state index contributed by atoms with van der Waals surface area (Å²) in [4.78, 5) is 39.7. The number of nitrogens with zero attached hydrogens (tertiary/aromatic N) is 2. The molecule has 0 bridgehead atoms. The minimum Gasteiger partial charge on any atom is -0.337 e. The molecule has 2 saturated heterocycles. The molecule has 0 aromatic heterocycles. The second-order valence-corrected chi connectivity index (χ2v) is 6.57. The third-order valence-electron chi connectivity index (χ3n) is 4.70. The fourth-order valence-corrected chi connectivity index (χ4v) is 3.48. The van der Waals surface area contributed by atoms with Gasteiger partial charge in [0.2, 0.25) is 11.8 Å². The first-order valence-corrected chi connectivity index (χ1v) is 8.71. The van der Waals surface area contributed by atoms with Gasteiger partial charge in [-0.1, -0.05) is 0 Å². The molecule has 2 fully saturated rings. The molecule has 7 heteroatoms. The number of piperazine rings is 1. The first-order chi connectivity index (χ1) is 12.0. The number of likely N-dealkylation sites (tertiary alicyclic amines) is 1. The highest BCUT2D eigenvalue weighted by molar-refractivity contribution is 5.95. The van der Waals surface area contributed by atoms with Crippen molar-refractivity contribution in [2.24, 2.45) is 0 Å². The Labute approximate surface area is 147 Å². The molecule has 2 aliphatic heterocycles. The lowest BCUT2D eigenvalue weighted by Crippen LogP contribution is -2.57. The molecule has 0 aliphatic carbocycles. The third-order valence-corrected chi connectivity index (χ3v) is 4.70. The molecular weight excluding hydrogens is 320 g/mol. The summed E-state index contributed by atoms with van der Waals surface area (Å²) < 4.78 is 0. The van der Waals surface area contributed by atoms with E-state index in [0.717, 1.165) is 19.4 Å². The molecular formula is C18H24N4O3. The van der Waals surface area contributed by atoms with Crippen LogP contribution in [0.2, 0.25) is 0 Å². The number of rotatable bonds is 3. The van der Waals surface area contributed by atoms with Crippen molar-refractivity contribution in [3.05, 3.63) is 29.8 Å². The van der Waals surface area contributed by atoms with Crippen LogP contribution in [0.5, 0.6) is 0 Å². The van der Waals surface area contributed by atoms with Crippen molar-refractivity contribution in [2.75, 3.05) is 38.0 Å². The van der Waals surface area contributed by atoms with Gasteiger partial charge in [0, 0.05) is 50.4 Å². The summed E-state index contributed by atoms with van der Waals surface area (Å²) in [5.41, 5.74) is 1.27. The highest BCUT2D eigenvalue weighted by Crippen LogP contribution is 2.20. The maximum atomic E-state index is 12.8. The minimum absolute atomic E-state index is 0.0262. The van der Waals surface area contributed by atoms with Gasteiger partial charge in [0.25, 0.3) is 5.91 Å². The predicted molar refractivity (Wildman–Crippen MR) is 94.3 cm³/mol. The molecule has 25 heavy (non-hydrogen) atoms. The average Bonchev–Trinajstić information content (AvgIpc) is 2.62. The SMILES string of the molecule is CC(=O)Nc1ccc(C(=O)N2CCCC(N3CCNCC3=O)C2)cc1. The van der Waals surface area contributed by atoms with E-state index >= 15 is 0 Å². The quantitative estimate of drug-likeness (QED) is 0.845. The van der Waals surface area contributed by atoms with Gasteiger partial charge in [0.15, 0.2) is 0 Å². The molecule has 0 spiro atoms. The van der Waals surface area contributed by atoms with Gasteiger partial charge in [0.05, 0.1) is 6.54 Å². The maximum absolute atomic E-state index is 12.8. The van der Waals surface area contributed by atoms with Crippen LogP contribution in [0.15, 0.2) is 24.3 Å². The summed E-state index contributed by atoms with van der Waals surface area (Å²) in [6, 6.07) is 7.03. The number of carbonyl (C=O) groups excluding carboxylic acids is 3. The molecule has 1 aromatic rings. The Morgan fingerprint density at radius 2 is 1.96 bits per heavy atom. The van der Waals surface area contributed by atoms with Gasteiger partial charge in [-0.2, -0.15) is 0 Å². The van der Waals surface area contributed by atoms with E-state index in [1.807, 2.05) is 9.80 Å². The standard InChI is InChI=1S/C18H24N4O3/c1-13(23)20-15-6-4-14(5-7-15)18(25)21-9-2-3-16(12-21)22-10-8-19-11-17(22)24/h4-7,16,19H,2-3,8-12H2,1H3,(H,20,23). The summed E-state index contributed by atoms with van der Waals surface area (Å²) in [6.45, 7) is 4.64. The van der Waals surface area contributed by atoms with Crippen molar-refractivity contribution in [1.29, 1.82) is 0 Å². The van der Waals surface area contributed by atoms with Crippen LogP contribution < -0.4 is 10.6 Å². The fraction of sp³-hybridized carbons (Fsp3) is 0.500. The third kappa shape index (κ3) is 4.17. The van der Waals surface area contributed by atoms with Gasteiger partial charge >= 0.3 is 0 Å². The number of amides is 3. The summed E-state index contributed by atoms with van der Waals surface area (Å²) in [5, 5.41) is 5.77. The Morgan fingerprint density at radius 1 is 1.20 bits per heavy atom. The van der Waals surface area contributed by atoms with E-state index in [0.29, 0.717) is 37.4 Å². The monoisotopic (exact) mass is 344 g/mol. The van der Waals surface area contributed by atoms with Crippen LogP contribution in [0.4, 0.5) is 5.69 Å². The lowest BCUT2D eigenvalue weighted by Gasteiger charge is -2.41. The van der Waals surface area contributed by atoms with Crippen LogP contribution in [0.25, 0.3) is 0 Å². The van der Waals surface area contributed by atoms with Crippen molar-refractivity contribution in [3.8, 4) is 0 Å². The lowest BCUT2D eigenvalue weighted by molar-refractivity contribution is -0.135. The van der Waals surface area contributed by atoms with Crippen LogP contribution >= 0.6 is 0 Å². The van der Waals surface area contributed by atoms with Crippen molar-refractivity contribution in [3.63, 3.8) is 0 Å². The molecule has 3 rings (SSSR count). The Morgan fingerprint density at radius 3 is 2.64 bits per heavy atom. The van der Waals surface area contributed by atoms with Crippen LogP contribution in [0.3, 0.4) is 0 Å². The number of carbonyl (C=O) groups is 3. The van der Waals surface area contributed by atoms with Gasteiger partial charge in [-0.15, -0.1) is 0 Å².